The Morgan fingerprint density at radius 1 is 1.17 bits per heavy atom. The van der Waals surface area contributed by atoms with Crippen LogP contribution in [0.4, 0.5) is 17.2 Å². The molecule has 5 nitrogen and oxygen atoms in total. The molecule has 0 aliphatic rings. The zero-order valence-corrected chi connectivity index (χ0v) is 11.5. The number of pyridine rings is 1. The van der Waals surface area contributed by atoms with E-state index in [4.69, 9.17) is 11.5 Å². The Kier molecular flexibility index (Phi) is 3.66. The van der Waals surface area contributed by atoms with E-state index in [0.717, 1.165) is 9.26 Å². The maximum Gasteiger partial charge on any atom is 0.267 e. The molecule has 0 aliphatic carbocycles. The Labute approximate surface area is 118 Å². The molecule has 0 unspecified atom stereocenters. The molecule has 6 heteroatoms. The fourth-order valence-electron chi connectivity index (χ4n) is 1.38. The van der Waals surface area contributed by atoms with Crippen LogP contribution < -0.4 is 16.8 Å². The molecule has 0 saturated heterocycles. The number of hydrogen-bond acceptors (Lipinski definition) is 4. The summed E-state index contributed by atoms with van der Waals surface area (Å²) in [5, 5.41) is 3.05. The molecule has 18 heavy (non-hydrogen) atoms. The number of nitrogen functional groups attached to an aromatic ring is 1. The number of carbonyl (C=O) groups is 1. The van der Waals surface area contributed by atoms with Crippen molar-refractivity contribution < 1.29 is 4.79 Å². The van der Waals surface area contributed by atoms with Crippen LogP contribution in [0.5, 0.6) is 0 Å². The number of carbonyl (C=O) groups excluding carboxylic acids is 1. The molecule has 1 aromatic carbocycles. The second-order valence-electron chi connectivity index (χ2n) is 3.63. The second-order valence-corrected chi connectivity index (χ2v) is 4.88. The highest BCUT2D eigenvalue weighted by Crippen LogP contribution is 2.21. The Morgan fingerprint density at radius 3 is 2.44 bits per heavy atom. The first kappa shape index (κ1) is 12.6. The van der Waals surface area contributed by atoms with Crippen LogP contribution in [0.3, 0.4) is 0 Å². The molecule has 0 bridgehead atoms. The number of benzene rings is 1. The molecule has 0 atom stereocenters. The SMILES string of the molecule is NC(=O)c1ccc(N)c(Nc2ccc(I)cc2)n1. The van der Waals surface area contributed by atoms with Gasteiger partial charge in [-0.2, -0.15) is 0 Å². The maximum atomic E-state index is 11.1. The summed E-state index contributed by atoms with van der Waals surface area (Å²) in [6.07, 6.45) is 0. The minimum atomic E-state index is -0.583. The van der Waals surface area contributed by atoms with Gasteiger partial charge in [0, 0.05) is 9.26 Å². The maximum absolute atomic E-state index is 11.1. The van der Waals surface area contributed by atoms with Crippen LogP contribution in [-0.2, 0) is 0 Å². The van der Waals surface area contributed by atoms with Gasteiger partial charge in [-0.15, -0.1) is 0 Å². The van der Waals surface area contributed by atoms with Gasteiger partial charge in [-0.05, 0) is 59.0 Å². The number of nitrogens with two attached hydrogens (primary N) is 2. The second kappa shape index (κ2) is 5.21. The van der Waals surface area contributed by atoms with Gasteiger partial charge in [0.1, 0.15) is 5.69 Å². The predicted molar refractivity (Wildman–Crippen MR) is 79.6 cm³/mol. The molecule has 1 amide bonds. The van der Waals surface area contributed by atoms with Crippen molar-refractivity contribution in [3.8, 4) is 0 Å². The molecular formula is C12H11IN4O. The van der Waals surface area contributed by atoms with Crippen molar-refractivity contribution in [3.05, 3.63) is 45.7 Å². The van der Waals surface area contributed by atoms with Crippen molar-refractivity contribution in [2.24, 2.45) is 5.73 Å². The molecule has 1 heterocycles. The molecule has 0 radical (unpaired) electrons. The number of hydrogen-bond donors (Lipinski definition) is 3. The van der Waals surface area contributed by atoms with E-state index in [0.29, 0.717) is 11.5 Å². The molecule has 2 aromatic rings. The number of nitrogens with zero attached hydrogens (tertiary/aromatic N) is 1. The van der Waals surface area contributed by atoms with Crippen LogP contribution in [0.15, 0.2) is 36.4 Å². The highest BCUT2D eigenvalue weighted by molar-refractivity contribution is 14.1. The van der Waals surface area contributed by atoms with E-state index in [1.54, 1.807) is 6.07 Å². The third-order valence-electron chi connectivity index (χ3n) is 2.29. The van der Waals surface area contributed by atoms with Crippen LogP contribution in [-0.4, -0.2) is 10.9 Å². The highest BCUT2D eigenvalue weighted by atomic mass is 127. The monoisotopic (exact) mass is 354 g/mol. The number of amides is 1. The minimum absolute atomic E-state index is 0.178. The number of rotatable bonds is 3. The summed E-state index contributed by atoms with van der Waals surface area (Å²) in [4.78, 5) is 15.1. The third kappa shape index (κ3) is 2.89. The van der Waals surface area contributed by atoms with Gasteiger partial charge in [0.15, 0.2) is 5.82 Å². The van der Waals surface area contributed by atoms with E-state index in [-0.39, 0.29) is 5.69 Å². The van der Waals surface area contributed by atoms with Gasteiger partial charge in [0.2, 0.25) is 0 Å². The van der Waals surface area contributed by atoms with E-state index in [2.05, 4.69) is 32.9 Å². The lowest BCUT2D eigenvalue weighted by Crippen LogP contribution is -2.14. The summed E-state index contributed by atoms with van der Waals surface area (Å²) in [5.74, 6) is -0.159. The number of nitrogens with one attached hydrogen (secondary N) is 1. The predicted octanol–water partition coefficient (Wildman–Crippen LogP) is 2.11. The first-order valence-electron chi connectivity index (χ1n) is 5.15. The number of aromatic nitrogens is 1. The van der Waals surface area contributed by atoms with Crippen molar-refractivity contribution in [1.29, 1.82) is 0 Å². The van der Waals surface area contributed by atoms with Crippen molar-refractivity contribution >= 4 is 45.7 Å². The quantitative estimate of drug-likeness (QED) is 0.736. The fourth-order valence-corrected chi connectivity index (χ4v) is 1.74. The Hall–Kier alpha value is -1.83. The van der Waals surface area contributed by atoms with Gasteiger partial charge >= 0.3 is 0 Å². The number of anilines is 3. The molecule has 1 aromatic heterocycles. The largest absolute Gasteiger partial charge is 0.396 e. The third-order valence-corrected chi connectivity index (χ3v) is 3.01. The van der Waals surface area contributed by atoms with Gasteiger partial charge < -0.3 is 16.8 Å². The Balaban J connectivity index is 2.30. The Bertz CT molecular complexity index is 583. The van der Waals surface area contributed by atoms with E-state index in [9.17, 15) is 4.79 Å². The lowest BCUT2D eigenvalue weighted by atomic mass is 10.3. The summed E-state index contributed by atoms with van der Waals surface area (Å²) in [6.45, 7) is 0. The summed E-state index contributed by atoms with van der Waals surface area (Å²) < 4.78 is 1.13. The molecule has 0 aliphatic heterocycles. The van der Waals surface area contributed by atoms with E-state index in [1.807, 2.05) is 24.3 Å². The molecular weight excluding hydrogens is 343 g/mol. The van der Waals surface area contributed by atoms with Crippen molar-refractivity contribution in [1.82, 2.24) is 4.98 Å². The summed E-state index contributed by atoms with van der Waals surface area (Å²) >= 11 is 2.22. The average Bonchev–Trinajstić information content (AvgIpc) is 2.34. The standard InChI is InChI=1S/C12H11IN4O/c13-7-1-3-8(4-2-7)16-12-9(14)5-6-10(17-12)11(15)18/h1-6H,14H2,(H2,15,18)(H,16,17). The number of primary amides is 1. The normalized spacial score (nSPS) is 10.1. The minimum Gasteiger partial charge on any atom is -0.396 e. The lowest BCUT2D eigenvalue weighted by Gasteiger charge is -2.09. The van der Waals surface area contributed by atoms with Gasteiger partial charge in [-0.25, -0.2) is 4.98 Å². The first-order valence-corrected chi connectivity index (χ1v) is 6.23. The first-order chi connectivity index (χ1) is 8.56. The highest BCUT2D eigenvalue weighted by Gasteiger charge is 2.07. The van der Waals surface area contributed by atoms with Crippen LogP contribution in [0, 0.1) is 3.57 Å². The number of halogens is 1. The van der Waals surface area contributed by atoms with Gasteiger partial charge in [0.25, 0.3) is 5.91 Å². The van der Waals surface area contributed by atoms with Crippen LogP contribution >= 0.6 is 22.6 Å². The smallest absolute Gasteiger partial charge is 0.267 e. The van der Waals surface area contributed by atoms with Crippen LogP contribution in [0.1, 0.15) is 10.5 Å². The van der Waals surface area contributed by atoms with Gasteiger partial charge in [-0.1, -0.05) is 0 Å². The lowest BCUT2D eigenvalue weighted by molar-refractivity contribution is 0.0996. The molecule has 5 N–H and O–H groups in total. The fraction of sp³-hybridized carbons (Fsp3) is 0. The van der Waals surface area contributed by atoms with E-state index in [1.165, 1.54) is 6.07 Å². The van der Waals surface area contributed by atoms with Crippen LogP contribution in [0.2, 0.25) is 0 Å². The van der Waals surface area contributed by atoms with Crippen molar-refractivity contribution in [2.75, 3.05) is 11.1 Å². The summed E-state index contributed by atoms with van der Waals surface area (Å²) in [7, 11) is 0. The van der Waals surface area contributed by atoms with Gasteiger partial charge in [-0.3, -0.25) is 4.79 Å². The molecule has 0 spiro atoms. The van der Waals surface area contributed by atoms with Crippen molar-refractivity contribution in [2.45, 2.75) is 0 Å². The summed E-state index contributed by atoms with van der Waals surface area (Å²) in [6, 6.07) is 10.8. The average molecular weight is 354 g/mol. The van der Waals surface area contributed by atoms with E-state index >= 15 is 0 Å². The van der Waals surface area contributed by atoms with Crippen LogP contribution in [0.25, 0.3) is 0 Å². The topological polar surface area (TPSA) is 94.0 Å². The Morgan fingerprint density at radius 2 is 1.83 bits per heavy atom. The molecule has 0 saturated carbocycles. The van der Waals surface area contributed by atoms with E-state index < -0.39 is 5.91 Å². The zero-order chi connectivity index (χ0) is 13.1. The summed E-state index contributed by atoms with van der Waals surface area (Å²) in [5.41, 5.74) is 12.4. The van der Waals surface area contributed by atoms with Crippen molar-refractivity contribution in [3.63, 3.8) is 0 Å². The molecule has 92 valence electrons. The molecule has 0 fully saturated rings. The zero-order valence-electron chi connectivity index (χ0n) is 9.35. The molecule has 2 rings (SSSR count). The van der Waals surface area contributed by atoms with Gasteiger partial charge in [0.05, 0.1) is 5.69 Å².